The molecule has 310 valence electrons. The quantitative estimate of drug-likeness (QED) is 0.0344. The van der Waals surface area contributed by atoms with E-state index in [4.69, 9.17) is 52.0 Å². The smallest absolute Gasteiger partial charge is 1.00 e. The molecule has 0 unspecified atom stereocenters. The molecule has 0 spiro atoms. The summed E-state index contributed by atoms with van der Waals surface area (Å²) in [5, 5.41) is 13.7. The van der Waals surface area contributed by atoms with Crippen LogP contribution in [0.5, 0.6) is 0 Å². The number of nitrogens with two attached hydrogens (primary N) is 1. The molecule has 4 heterocycles. The van der Waals surface area contributed by atoms with Gasteiger partial charge < -0.3 is 40.9 Å². The number of hydrogen-bond acceptors (Lipinski definition) is 13. The fourth-order valence-corrected chi connectivity index (χ4v) is 7.65. The Hall–Kier alpha value is -0.457. The van der Waals surface area contributed by atoms with Gasteiger partial charge in [0.1, 0.15) is 25.3 Å². The van der Waals surface area contributed by atoms with Crippen molar-refractivity contribution < 1.29 is 135 Å². The van der Waals surface area contributed by atoms with Crippen molar-refractivity contribution in [1.82, 2.24) is 39.0 Å². The Morgan fingerprint density at radius 2 is 1.31 bits per heavy atom. The Bertz CT molecular complexity index is 2410. The van der Waals surface area contributed by atoms with Gasteiger partial charge >= 0.3 is 103 Å². The van der Waals surface area contributed by atoms with E-state index in [-0.39, 0.29) is 123 Å². The molecule has 0 bridgehead atoms. The van der Waals surface area contributed by atoms with E-state index in [9.17, 15) is 13.5 Å². The molecular weight excluding hydrogens is 1050 g/mol. The molecule has 0 atom stereocenters. The number of imidazole rings is 2. The summed E-state index contributed by atoms with van der Waals surface area (Å²) in [7, 11) is -2.08. The zero-order chi connectivity index (χ0) is 43.8. The Kier molecular flexibility index (Phi) is 27.2. The summed E-state index contributed by atoms with van der Waals surface area (Å²) in [6.07, 6.45) is 10.4. The molecule has 0 saturated carbocycles. The third-order valence-electron chi connectivity index (χ3n) is 6.87. The van der Waals surface area contributed by atoms with Gasteiger partial charge in [0.2, 0.25) is 10.6 Å². The Morgan fingerprint density at radius 1 is 0.864 bits per heavy atom. The van der Waals surface area contributed by atoms with Crippen LogP contribution >= 0.6 is 80.9 Å². The van der Waals surface area contributed by atoms with Crippen molar-refractivity contribution in [3.8, 4) is 22.5 Å². The van der Waals surface area contributed by atoms with Crippen molar-refractivity contribution >= 4 is 115 Å². The average molecular weight is 1100 g/mol. The summed E-state index contributed by atoms with van der Waals surface area (Å²) in [6, 6.07) is 11.3. The van der Waals surface area contributed by atoms with Gasteiger partial charge in [-0.1, -0.05) is 23.7 Å². The fraction of sp³-hybridized carbons (Fsp3) is 0.206. The normalized spacial score (nSPS) is 10.4. The van der Waals surface area contributed by atoms with Gasteiger partial charge in [0.25, 0.3) is 6.47 Å². The van der Waals surface area contributed by atoms with Gasteiger partial charge in [-0.05, 0) is 106 Å². The van der Waals surface area contributed by atoms with Gasteiger partial charge in [0, 0.05) is 67.7 Å². The van der Waals surface area contributed by atoms with E-state index < -0.39 is 21.4 Å². The zero-order valence-corrected chi connectivity index (χ0v) is 46.5. The van der Waals surface area contributed by atoms with Gasteiger partial charge in [-0.2, -0.15) is 4.98 Å². The van der Waals surface area contributed by atoms with Crippen LogP contribution in [0.4, 0.5) is 21.6 Å². The van der Waals surface area contributed by atoms with E-state index in [0.29, 0.717) is 31.3 Å². The van der Waals surface area contributed by atoms with Crippen molar-refractivity contribution in [2.24, 2.45) is 14.1 Å². The van der Waals surface area contributed by atoms with Gasteiger partial charge in [-0.25, -0.2) is 24.9 Å². The van der Waals surface area contributed by atoms with Crippen LogP contribution in [0.1, 0.15) is 4.22 Å². The number of aryl methyl sites for hydroxylation is 2. The number of aromatic nitrogens is 8. The number of alkyl halides is 1. The van der Waals surface area contributed by atoms with Crippen molar-refractivity contribution in [2.45, 2.75) is 0 Å². The first-order valence-electron chi connectivity index (χ1n) is 16.3. The van der Waals surface area contributed by atoms with Crippen LogP contribution in [0.25, 0.3) is 22.5 Å². The number of nitrogens with zero attached hydrogens (tertiary/aromatic N) is 8. The van der Waals surface area contributed by atoms with Crippen LogP contribution in [-0.2, 0) is 32.9 Å². The number of hydrogen-bond donors (Lipinski definition) is 2. The molecule has 2 aromatic carbocycles. The first-order valence-corrected chi connectivity index (χ1v) is 23.5. The number of halogens is 6. The minimum atomic E-state index is -2.55. The maximum absolute atomic E-state index is 12.8. The van der Waals surface area contributed by atoms with Crippen LogP contribution in [-0.4, -0.2) is 79.3 Å². The van der Waals surface area contributed by atoms with E-state index in [1.807, 2.05) is 66.0 Å². The summed E-state index contributed by atoms with van der Waals surface area (Å²) in [6.45, 7) is 6.73. The second kappa shape index (κ2) is 28.4. The predicted molar refractivity (Wildman–Crippen MR) is 235 cm³/mol. The second-order valence-electron chi connectivity index (χ2n) is 12.0. The van der Waals surface area contributed by atoms with Crippen LogP contribution in [0.3, 0.4) is 0 Å². The number of carbonyl (C=O) groups excluding carboxylic acids is 1. The zero-order valence-electron chi connectivity index (χ0n) is 35.1. The van der Waals surface area contributed by atoms with Crippen molar-refractivity contribution in [3.63, 3.8) is 0 Å². The second-order valence-corrected chi connectivity index (χ2v) is 21.1. The number of benzene rings is 2. The summed E-state index contributed by atoms with van der Waals surface area (Å²) in [5.41, 5.74) is 10.7. The first kappa shape index (κ1) is 56.6. The third kappa shape index (κ3) is 19.9. The SMILES string of the molecule is Clc1ncc(Br)c(Cl)n1.Cn1cnc(-c2ccc(N)c(P(C)(C)=O)c2)c1.Cn1cnc(-c2ccc(Nc3nc(Cl)ncc3Br)c(P(C)(C)=O)c2)c1.O=CO[O-].[2H]CF.[H-].[HH].[K+].[K+]. The van der Waals surface area contributed by atoms with Crippen molar-refractivity contribution in [1.29, 1.82) is 0 Å². The molecule has 59 heavy (non-hydrogen) atoms. The fourth-order valence-electron chi connectivity index (χ4n) is 4.42. The minimum Gasteiger partial charge on any atom is -1.00 e. The molecule has 0 amide bonds. The van der Waals surface area contributed by atoms with Gasteiger partial charge in [0.15, 0.2) is 0 Å². The molecule has 25 heteroatoms. The molecule has 0 fully saturated rings. The molecule has 0 radical (unpaired) electrons. The standard InChI is InChI=1S/C16H16BrClN5OP.C12H16N3OP.C4HBrCl2N2.CH3F.CH2O3.2K.H2.H/c1-23-8-13(20-9-23)10-4-5-12(14(6-10)25(2,3)24)21-15-11(17)7-19-16(18)22-15;1-15-7-11(14-8-15)9-4-5-10(13)12(6-9)17(2,3)16;5-2-1-8-4(7)9-3(2)6;1-2;2-1-4-3;;;;/h4-9H,1-3H3,(H,19,21,22);4-8H,13H2,1-3H3;1H;1H3;1,3H;;;1H;/q;;;;;2*+1;;-1/p-1/i;;;1D;;;;;. The van der Waals surface area contributed by atoms with E-state index in [0.717, 1.165) is 33.1 Å². The molecule has 15 nitrogen and oxygen atoms in total. The molecule has 6 aromatic rings. The Labute approximate surface area is 462 Å². The minimum absolute atomic E-state index is 0. The van der Waals surface area contributed by atoms with E-state index in [1.54, 1.807) is 51.6 Å². The number of carbonyl (C=O) groups is 1. The van der Waals surface area contributed by atoms with Crippen LogP contribution in [0, 0.1) is 0 Å². The molecule has 4 aromatic heterocycles. The summed E-state index contributed by atoms with van der Waals surface area (Å²) >= 11 is 23.3. The summed E-state index contributed by atoms with van der Waals surface area (Å²) in [5.74, 6) is 0.514. The topological polar surface area (TPSA) is 209 Å². The number of anilines is 3. The largest absolute Gasteiger partial charge is 1.00 e. The molecule has 6 rings (SSSR count). The van der Waals surface area contributed by atoms with Crippen LogP contribution in [0.15, 0.2) is 82.8 Å². The monoisotopic (exact) mass is 1090 g/mol. The van der Waals surface area contributed by atoms with E-state index in [1.165, 1.54) is 6.20 Å². The molecule has 0 aliphatic heterocycles. The average Bonchev–Trinajstić information content (AvgIpc) is 3.80. The predicted octanol–water partition coefficient (Wildman–Crippen LogP) is 2.13. The van der Waals surface area contributed by atoms with Crippen molar-refractivity contribution in [2.75, 3.05) is 44.9 Å². The Morgan fingerprint density at radius 3 is 1.71 bits per heavy atom. The number of rotatable bonds is 7. The molecule has 0 saturated heterocycles. The molecule has 0 aliphatic rings. The van der Waals surface area contributed by atoms with Crippen LogP contribution < -0.4 is 130 Å². The first-order chi connectivity index (χ1) is 27.1. The van der Waals surface area contributed by atoms with Gasteiger partial charge in [-0.3, -0.25) is 9.18 Å². The van der Waals surface area contributed by atoms with E-state index >= 15 is 0 Å². The maximum atomic E-state index is 12.8. The van der Waals surface area contributed by atoms with Crippen molar-refractivity contribution in [3.05, 3.63) is 98.5 Å². The summed E-state index contributed by atoms with van der Waals surface area (Å²) in [4.78, 5) is 35.3. The van der Waals surface area contributed by atoms with Crippen LogP contribution in [0.2, 0.25) is 15.7 Å². The van der Waals surface area contributed by atoms with Gasteiger partial charge in [-0.15, -0.1) is 0 Å². The Balaban J connectivity index is -0.000000817. The number of nitrogens with one attached hydrogen (secondary N) is 1. The molecular formula is C34H40Br2Cl3FK2N10O5P2. The molecule has 3 N–H and O–H groups in total. The van der Waals surface area contributed by atoms with E-state index in [2.05, 4.69) is 72.0 Å². The third-order valence-corrected chi connectivity index (χ3v) is 12.0. The number of nitrogen functional groups attached to an aromatic ring is 1. The molecule has 0 aliphatic carbocycles. The summed E-state index contributed by atoms with van der Waals surface area (Å²) < 4.78 is 45.5. The maximum Gasteiger partial charge on any atom is 1.00 e. The van der Waals surface area contributed by atoms with Gasteiger partial charge in [0.05, 0.1) is 47.2 Å².